The van der Waals surface area contributed by atoms with Crippen LogP contribution in [-0.4, -0.2) is 47.0 Å². The minimum atomic E-state index is -5.00. The van der Waals surface area contributed by atoms with Crippen molar-refractivity contribution in [2.45, 2.75) is 12.4 Å². The number of fused-ring (bicyclic) bond motifs is 1. The van der Waals surface area contributed by atoms with Crippen LogP contribution in [0.2, 0.25) is 0 Å². The van der Waals surface area contributed by atoms with Crippen molar-refractivity contribution in [2.24, 2.45) is 0 Å². The summed E-state index contributed by atoms with van der Waals surface area (Å²) in [5, 5.41) is 0.694. The van der Waals surface area contributed by atoms with Crippen LogP contribution in [0.25, 0.3) is 10.3 Å². The largest absolute Gasteiger partial charge is 0.416 e. The molecule has 31 heavy (non-hydrogen) atoms. The molecule has 12 heteroatoms. The molecule has 5 nitrogen and oxygen atoms in total. The van der Waals surface area contributed by atoms with Gasteiger partial charge in [-0.1, -0.05) is 11.3 Å². The molecule has 3 aromatic rings. The van der Waals surface area contributed by atoms with Gasteiger partial charge in [0.15, 0.2) is 5.13 Å². The van der Waals surface area contributed by atoms with E-state index < -0.39 is 35.0 Å². The number of halogens is 6. The molecule has 164 valence electrons. The molecule has 1 aliphatic rings. The van der Waals surface area contributed by atoms with Crippen LogP contribution in [0.3, 0.4) is 0 Å². The standard InChI is InChI=1S/C19H14F6N4OS/c20-18(21,22)12-8-11(9-13(10-12)19(23,24)25)16(30)28-4-6-29(7-5-28)17-27-14-2-1-3-26-15(14)31-17/h1-3,8-10H,4-7H2. The topological polar surface area (TPSA) is 49.3 Å². The number of pyridine rings is 1. The maximum absolute atomic E-state index is 13.1. The van der Waals surface area contributed by atoms with Gasteiger partial charge in [-0.25, -0.2) is 9.97 Å². The second-order valence-electron chi connectivity index (χ2n) is 6.90. The van der Waals surface area contributed by atoms with Gasteiger partial charge >= 0.3 is 12.4 Å². The molecule has 1 aromatic carbocycles. The number of rotatable bonds is 2. The summed E-state index contributed by atoms with van der Waals surface area (Å²) in [7, 11) is 0. The molecule has 0 bridgehead atoms. The number of amides is 1. The van der Waals surface area contributed by atoms with Crippen molar-refractivity contribution in [2.75, 3.05) is 31.1 Å². The van der Waals surface area contributed by atoms with E-state index in [4.69, 9.17) is 0 Å². The van der Waals surface area contributed by atoms with Gasteiger partial charge in [0.1, 0.15) is 10.3 Å². The average molecular weight is 460 g/mol. The van der Waals surface area contributed by atoms with Crippen LogP contribution in [-0.2, 0) is 12.4 Å². The van der Waals surface area contributed by atoms with Crippen molar-refractivity contribution >= 4 is 32.7 Å². The van der Waals surface area contributed by atoms with Crippen LogP contribution in [0, 0.1) is 0 Å². The highest BCUT2D eigenvalue weighted by atomic mass is 32.1. The highest BCUT2D eigenvalue weighted by molar-refractivity contribution is 7.21. The highest BCUT2D eigenvalue weighted by Gasteiger charge is 2.38. The molecular weight excluding hydrogens is 446 g/mol. The van der Waals surface area contributed by atoms with E-state index in [1.54, 1.807) is 12.3 Å². The van der Waals surface area contributed by atoms with E-state index in [0.29, 0.717) is 30.4 Å². The summed E-state index contributed by atoms with van der Waals surface area (Å²) in [5.74, 6) is -0.873. The smallest absolute Gasteiger partial charge is 0.344 e. The van der Waals surface area contributed by atoms with Crippen molar-refractivity contribution in [1.82, 2.24) is 14.9 Å². The quantitative estimate of drug-likeness (QED) is 0.521. The van der Waals surface area contributed by atoms with E-state index >= 15 is 0 Å². The van der Waals surface area contributed by atoms with Crippen molar-refractivity contribution < 1.29 is 31.1 Å². The molecule has 2 aromatic heterocycles. The Bertz CT molecular complexity index is 1050. The number of piperazine rings is 1. The van der Waals surface area contributed by atoms with E-state index in [0.717, 1.165) is 10.3 Å². The van der Waals surface area contributed by atoms with Gasteiger partial charge in [-0.15, -0.1) is 0 Å². The third-order valence-corrected chi connectivity index (χ3v) is 5.87. The third-order valence-electron chi connectivity index (χ3n) is 4.83. The Labute approximate surface area is 175 Å². The normalized spacial score (nSPS) is 15.5. The summed E-state index contributed by atoms with van der Waals surface area (Å²) in [6.07, 6.45) is -8.36. The third kappa shape index (κ3) is 4.43. The van der Waals surface area contributed by atoms with Crippen molar-refractivity contribution in [1.29, 1.82) is 0 Å². The number of hydrogen-bond donors (Lipinski definition) is 0. The lowest BCUT2D eigenvalue weighted by molar-refractivity contribution is -0.143. The van der Waals surface area contributed by atoms with E-state index in [1.165, 1.54) is 16.2 Å². The number of benzene rings is 1. The molecule has 0 spiro atoms. The zero-order valence-electron chi connectivity index (χ0n) is 15.7. The van der Waals surface area contributed by atoms with Crippen LogP contribution < -0.4 is 4.90 Å². The molecule has 0 saturated carbocycles. The minimum Gasteiger partial charge on any atom is -0.344 e. The van der Waals surface area contributed by atoms with Gasteiger partial charge in [0.05, 0.1) is 11.1 Å². The Morgan fingerprint density at radius 2 is 1.55 bits per heavy atom. The number of carbonyl (C=O) groups is 1. The predicted molar refractivity (Wildman–Crippen MR) is 102 cm³/mol. The molecule has 0 radical (unpaired) electrons. The average Bonchev–Trinajstić information content (AvgIpc) is 3.16. The maximum atomic E-state index is 13.1. The van der Waals surface area contributed by atoms with Crippen molar-refractivity contribution in [3.8, 4) is 0 Å². The lowest BCUT2D eigenvalue weighted by atomic mass is 10.0. The summed E-state index contributed by atoms with van der Waals surface area (Å²) in [6.45, 7) is 0.965. The first-order chi connectivity index (χ1) is 14.5. The van der Waals surface area contributed by atoms with E-state index in [-0.39, 0.29) is 19.2 Å². The lowest BCUT2D eigenvalue weighted by Crippen LogP contribution is -2.48. The van der Waals surface area contributed by atoms with Gasteiger partial charge in [-0.2, -0.15) is 26.3 Å². The molecule has 3 heterocycles. The fourth-order valence-corrected chi connectivity index (χ4v) is 4.22. The molecule has 0 atom stereocenters. The van der Waals surface area contributed by atoms with Gasteiger partial charge in [0, 0.05) is 37.9 Å². The van der Waals surface area contributed by atoms with Crippen LogP contribution in [0.5, 0.6) is 0 Å². The van der Waals surface area contributed by atoms with E-state index in [9.17, 15) is 31.1 Å². The molecule has 1 aliphatic heterocycles. The first-order valence-electron chi connectivity index (χ1n) is 9.07. The molecule has 0 unspecified atom stereocenters. The zero-order chi connectivity index (χ0) is 22.4. The Morgan fingerprint density at radius 3 is 2.10 bits per heavy atom. The zero-order valence-corrected chi connectivity index (χ0v) is 16.5. The van der Waals surface area contributed by atoms with Crippen LogP contribution in [0.15, 0.2) is 36.5 Å². The number of anilines is 1. The molecule has 1 amide bonds. The van der Waals surface area contributed by atoms with Gasteiger partial charge in [0.2, 0.25) is 0 Å². The van der Waals surface area contributed by atoms with Crippen LogP contribution >= 0.6 is 11.3 Å². The fourth-order valence-electron chi connectivity index (χ4n) is 3.26. The number of hydrogen-bond acceptors (Lipinski definition) is 5. The predicted octanol–water partition coefficient (Wildman–Crippen LogP) is 4.69. The van der Waals surface area contributed by atoms with E-state index in [2.05, 4.69) is 9.97 Å². The molecule has 1 fully saturated rings. The highest BCUT2D eigenvalue weighted by Crippen LogP contribution is 2.36. The fraction of sp³-hybridized carbons (Fsp3) is 0.316. The number of alkyl halides is 6. The number of aromatic nitrogens is 2. The summed E-state index contributed by atoms with van der Waals surface area (Å²) in [5.41, 5.74) is -2.93. The molecule has 0 aliphatic carbocycles. The van der Waals surface area contributed by atoms with Crippen LogP contribution in [0.4, 0.5) is 31.5 Å². The Morgan fingerprint density at radius 1 is 0.935 bits per heavy atom. The molecule has 0 N–H and O–H groups in total. The van der Waals surface area contributed by atoms with Gasteiger partial charge in [-0.05, 0) is 30.3 Å². The van der Waals surface area contributed by atoms with Gasteiger partial charge in [-0.3, -0.25) is 4.79 Å². The summed E-state index contributed by atoms with van der Waals surface area (Å²) in [6, 6.07) is 4.50. The van der Waals surface area contributed by atoms with E-state index in [1.807, 2.05) is 11.0 Å². The Kier molecular flexibility index (Phi) is 5.28. The Balaban J connectivity index is 1.53. The van der Waals surface area contributed by atoms with Crippen molar-refractivity contribution in [3.63, 3.8) is 0 Å². The maximum Gasteiger partial charge on any atom is 0.416 e. The first-order valence-corrected chi connectivity index (χ1v) is 9.89. The molecule has 4 rings (SSSR count). The number of nitrogens with zero attached hydrogens (tertiary/aromatic N) is 4. The monoisotopic (exact) mass is 460 g/mol. The van der Waals surface area contributed by atoms with Crippen molar-refractivity contribution in [3.05, 3.63) is 53.2 Å². The minimum absolute atomic E-state index is 0.00980. The second kappa shape index (κ2) is 7.66. The van der Waals surface area contributed by atoms with Crippen LogP contribution in [0.1, 0.15) is 21.5 Å². The molecule has 1 saturated heterocycles. The van der Waals surface area contributed by atoms with Gasteiger partial charge < -0.3 is 9.80 Å². The number of thiazole rings is 1. The second-order valence-corrected chi connectivity index (χ2v) is 7.85. The summed E-state index contributed by atoms with van der Waals surface area (Å²) in [4.78, 5) is 25.3. The summed E-state index contributed by atoms with van der Waals surface area (Å²) >= 11 is 1.37. The first kappa shape index (κ1) is 21.3. The summed E-state index contributed by atoms with van der Waals surface area (Å²) < 4.78 is 78.4. The SMILES string of the molecule is O=C(c1cc(C(F)(F)F)cc(C(F)(F)F)c1)N1CCN(c2nc3cccnc3s2)CC1. The lowest BCUT2D eigenvalue weighted by Gasteiger charge is -2.34. The Hall–Kier alpha value is -2.89. The number of carbonyl (C=O) groups excluding carboxylic acids is 1. The van der Waals surface area contributed by atoms with Gasteiger partial charge in [0.25, 0.3) is 5.91 Å². The molecular formula is C19H14F6N4OS.